The molecular weight excluding hydrogens is 148 g/mol. The summed E-state index contributed by atoms with van der Waals surface area (Å²) in [7, 11) is 1.93. The van der Waals surface area contributed by atoms with Gasteiger partial charge in [-0.15, -0.1) is 0 Å². The Balaban J connectivity index is 2.72. The van der Waals surface area contributed by atoms with Crippen molar-refractivity contribution in [2.24, 2.45) is 5.92 Å². The Bertz CT molecular complexity index is 243. The Kier molecular flexibility index (Phi) is 3.09. The van der Waals surface area contributed by atoms with Crippen LogP contribution in [0, 0.1) is 5.92 Å². The maximum atomic E-state index is 4.29. The first kappa shape index (κ1) is 9.04. The van der Waals surface area contributed by atoms with Crippen molar-refractivity contribution in [3.8, 4) is 0 Å². The topological polar surface area (TPSA) is 24.9 Å². The van der Waals surface area contributed by atoms with Crippen molar-refractivity contribution < 1.29 is 0 Å². The van der Waals surface area contributed by atoms with E-state index in [1.807, 2.05) is 19.3 Å². The van der Waals surface area contributed by atoms with E-state index in [0.717, 1.165) is 17.8 Å². The lowest BCUT2D eigenvalue weighted by atomic mass is 10.1. The molecule has 0 atom stereocenters. The number of nitrogens with one attached hydrogen (secondary N) is 1. The van der Waals surface area contributed by atoms with Gasteiger partial charge in [0.2, 0.25) is 0 Å². The zero-order valence-corrected chi connectivity index (χ0v) is 7.96. The molecule has 2 heteroatoms. The highest BCUT2D eigenvalue weighted by atomic mass is 14.8. The second-order valence-corrected chi connectivity index (χ2v) is 3.38. The minimum absolute atomic E-state index is 0.671. The van der Waals surface area contributed by atoms with Gasteiger partial charge < -0.3 is 5.32 Å². The fraction of sp³-hybridized carbons (Fsp3) is 0.500. The van der Waals surface area contributed by atoms with Crippen molar-refractivity contribution in [1.82, 2.24) is 4.98 Å². The average molecular weight is 164 g/mol. The highest BCUT2D eigenvalue weighted by Gasteiger charge is 1.98. The number of rotatable bonds is 3. The second kappa shape index (κ2) is 4.10. The van der Waals surface area contributed by atoms with E-state index >= 15 is 0 Å². The van der Waals surface area contributed by atoms with Gasteiger partial charge >= 0.3 is 0 Å². The van der Waals surface area contributed by atoms with Crippen molar-refractivity contribution in [1.29, 1.82) is 0 Å². The van der Waals surface area contributed by atoms with Crippen molar-refractivity contribution in [3.63, 3.8) is 0 Å². The van der Waals surface area contributed by atoms with Gasteiger partial charge in [0.15, 0.2) is 0 Å². The molecule has 0 saturated heterocycles. The van der Waals surface area contributed by atoms with E-state index in [4.69, 9.17) is 0 Å². The molecule has 0 bridgehead atoms. The molecule has 0 aliphatic heterocycles. The number of aromatic nitrogens is 1. The molecule has 0 aliphatic carbocycles. The Morgan fingerprint density at radius 2 is 2.25 bits per heavy atom. The summed E-state index contributed by atoms with van der Waals surface area (Å²) in [4.78, 5) is 4.29. The lowest BCUT2D eigenvalue weighted by Crippen LogP contribution is -1.98. The molecule has 0 radical (unpaired) electrons. The van der Waals surface area contributed by atoms with Crippen LogP contribution in [0.5, 0.6) is 0 Å². The van der Waals surface area contributed by atoms with Crippen LogP contribution in [0.15, 0.2) is 18.3 Å². The molecule has 0 unspecified atom stereocenters. The van der Waals surface area contributed by atoms with E-state index in [-0.39, 0.29) is 0 Å². The Morgan fingerprint density at radius 1 is 1.50 bits per heavy atom. The van der Waals surface area contributed by atoms with Crippen molar-refractivity contribution in [3.05, 3.63) is 24.0 Å². The van der Waals surface area contributed by atoms with Gasteiger partial charge in [-0.2, -0.15) is 0 Å². The Hall–Kier alpha value is -1.05. The zero-order valence-electron chi connectivity index (χ0n) is 7.96. The highest BCUT2D eigenvalue weighted by molar-refractivity contribution is 5.42. The summed E-state index contributed by atoms with van der Waals surface area (Å²) < 4.78 is 0. The van der Waals surface area contributed by atoms with Gasteiger partial charge in [0, 0.05) is 24.6 Å². The largest absolute Gasteiger partial charge is 0.388 e. The first-order valence-electron chi connectivity index (χ1n) is 4.35. The third kappa shape index (κ3) is 2.53. The van der Waals surface area contributed by atoms with Crippen LogP contribution in [0.25, 0.3) is 0 Å². The van der Waals surface area contributed by atoms with E-state index in [2.05, 4.69) is 30.2 Å². The predicted octanol–water partition coefficient (Wildman–Crippen LogP) is 2.32. The third-order valence-corrected chi connectivity index (χ3v) is 1.72. The minimum Gasteiger partial charge on any atom is -0.388 e. The van der Waals surface area contributed by atoms with Crippen LogP contribution < -0.4 is 5.32 Å². The molecule has 66 valence electrons. The maximum absolute atomic E-state index is 4.29. The van der Waals surface area contributed by atoms with E-state index in [9.17, 15) is 0 Å². The van der Waals surface area contributed by atoms with Gasteiger partial charge in [-0.1, -0.05) is 13.8 Å². The van der Waals surface area contributed by atoms with Gasteiger partial charge in [-0.05, 0) is 24.5 Å². The Morgan fingerprint density at radius 3 is 2.83 bits per heavy atom. The number of hydrogen-bond acceptors (Lipinski definition) is 2. The first-order valence-corrected chi connectivity index (χ1v) is 4.35. The van der Waals surface area contributed by atoms with Gasteiger partial charge in [0.1, 0.15) is 0 Å². The first-order chi connectivity index (χ1) is 5.72. The molecule has 0 saturated carbocycles. The smallest absolute Gasteiger partial charge is 0.0426 e. The summed E-state index contributed by atoms with van der Waals surface area (Å²) >= 11 is 0. The molecule has 0 amide bonds. The number of nitrogens with zero attached hydrogens (tertiary/aromatic N) is 1. The van der Waals surface area contributed by atoms with Crippen LogP contribution in [0.2, 0.25) is 0 Å². The SMILES string of the molecule is CNc1ccnc(CC(C)C)c1. The molecule has 1 heterocycles. The molecule has 2 nitrogen and oxygen atoms in total. The van der Waals surface area contributed by atoms with Crippen molar-refractivity contribution in [2.45, 2.75) is 20.3 Å². The molecular formula is C10H16N2. The standard InChI is InChI=1S/C10H16N2/c1-8(2)6-10-7-9(11-3)4-5-12-10/h4-5,7-8H,6H2,1-3H3,(H,11,12). The van der Waals surface area contributed by atoms with Gasteiger partial charge in [-0.25, -0.2) is 0 Å². The van der Waals surface area contributed by atoms with Crippen LogP contribution in [0.3, 0.4) is 0 Å². The summed E-state index contributed by atoms with van der Waals surface area (Å²) in [5.41, 5.74) is 2.30. The van der Waals surface area contributed by atoms with Gasteiger partial charge in [0.25, 0.3) is 0 Å². The van der Waals surface area contributed by atoms with Crippen LogP contribution >= 0.6 is 0 Å². The third-order valence-electron chi connectivity index (χ3n) is 1.72. The number of hydrogen-bond donors (Lipinski definition) is 1. The summed E-state index contributed by atoms with van der Waals surface area (Å²) in [5.74, 6) is 0.671. The molecule has 0 aromatic carbocycles. The number of anilines is 1. The van der Waals surface area contributed by atoms with Crippen LogP contribution in [0.4, 0.5) is 5.69 Å². The summed E-state index contributed by atoms with van der Waals surface area (Å²) in [6, 6.07) is 4.07. The minimum atomic E-state index is 0.671. The second-order valence-electron chi connectivity index (χ2n) is 3.38. The molecule has 0 aliphatic rings. The predicted molar refractivity (Wildman–Crippen MR) is 52.3 cm³/mol. The van der Waals surface area contributed by atoms with E-state index in [1.165, 1.54) is 0 Å². The molecule has 1 N–H and O–H groups in total. The fourth-order valence-corrected chi connectivity index (χ4v) is 1.16. The zero-order chi connectivity index (χ0) is 8.97. The van der Waals surface area contributed by atoms with E-state index in [1.54, 1.807) is 0 Å². The normalized spacial score (nSPS) is 10.3. The molecule has 12 heavy (non-hydrogen) atoms. The molecule has 1 rings (SSSR count). The summed E-state index contributed by atoms with van der Waals surface area (Å²) in [5, 5.41) is 3.10. The molecule has 0 fully saturated rings. The van der Waals surface area contributed by atoms with Crippen LogP contribution in [0.1, 0.15) is 19.5 Å². The van der Waals surface area contributed by atoms with Gasteiger partial charge in [0.05, 0.1) is 0 Å². The van der Waals surface area contributed by atoms with Crippen LogP contribution in [-0.4, -0.2) is 12.0 Å². The molecule has 0 spiro atoms. The average Bonchev–Trinajstić information content (AvgIpc) is 2.03. The van der Waals surface area contributed by atoms with E-state index < -0.39 is 0 Å². The quantitative estimate of drug-likeness (QED) is 0.741. The molecule has 1 aromatic rings. The van der Waals surface area contributed by atoms with Crippen LogP contribution in [-0.2, 0) is 6.42 Å². The van der Waals surface area contributed by atoms with Crippen molar-refractivity contribution in [2.75, 3.05) is 12.4 Å². The maximum Gasteiger partial charge on any atom is 0.0426 e. The monoisotopic (exact) mass is 164 g/mol. The van der Waals surface area contributed by atoms with E-state index in [0.29, 0.717) is 5.92 Å². The van der Waals surface area contributed by atoms with Crippen molar-refractivity contribution >= 4 is 5.69 Å². The van der Waals surface area contributed by atoms with Gasteiger partial charge in [-0.3, -0.25) is 4.98 Å². The molecule has 1 aromatic heterocycles. The summed E-state index contributed by atoms with van der Waals surface area (Å²) in [6.45, 7) is 4.40. The lowest BCUT2D eigenvalue weighted by Gasteiger charge is -2.05. The Labute approximate surface area is 74.0 Å². The number of pyridine rings is 1. The lowest BCUT2D eigenvalue weighted by molar-refractivity contribution is 0.635. The highest BCUT2D eigenvalue weighted by Crippen LogP contribution is 2.10. The summed E-state index contributed by atoms with van der Waals surface area (Å²) in [6.07, 6.45) is 2.90. The fourth-order valence-electron chi connectivity index (χ4n) is 1.16.